The first-order valence-corrected chi connectivity index (χ1v) is 21.6. The van der Waals surface area contributed by atoms with Gasteiger partial charge < -0.3 is 14.2 Å². The van der Waals surface area contributed by atoms with Crippen molar-refractivity contribution in [3.8, 4) is 11.1 Å². The molecule has 10 rings (SSSR count). The van der Waals surface area contributed by atoms with Crippen LogP contribution in [-0.2, 0) is 10.8 Å². The van der Waals surface area contributed by atoms with Crippen LogP contribution in [0.3, 0.4) is 0 Å². The summed E-state index contributed by atoms with van der Waals surface area (Å²) < 4.78 is 7.46. The summed E-state index contributed by atoms with van der Waals surface area (Å²) in [7, 11) is 0. The van der Waals surface area contributed by atoms with Crippen LogP contribution >= 0.6 is 0 Å². The molecule has 0 spiro atoms. The summed E-state index contributed by atoms with van der Waals surface area (Å²) in [6, 6.07) is 37.1. The fraction of sp³-hybridized carbons (Fsp3) is 0.333. The second-order valence-corrected chi connectivity index (χ2v) is 20.4. The fourth-order valence-electron chi connectivity index (χ4n) is 10.5. The predicted octanol–water partition coefficient (Wildman–Crippen LogP) is 12.9. The molecule has 0 fully saturated rings. The quantitative estimate of drug-likeness (QED) is 0.167. The van der Waals surface area contributed by atoms with Crippen molar-refractivity contribution >= 4 is 62.7 Å². The van der Waals surface area contributed by atoms with E-state index in [1.165, 1.54) is 96.5 Å². The number of allylic oxidation sites excluding steroid dienone is 2. The molecule has 0 saturated carbocycles. The van der Waals surface area contributed by atoms with Crippen LogP contribution in [0.2, 0.25) is 0 Å². The number of benzene rings is 5. The first-order valence-electron chi connectivity index (χ1n) is 21.6. The van der Waals surface area contributed by atoms with Crippen LogP contribution < -0.4 is 26.4 Å². The normalized spacial score (nSPS) is 19.4. The largest absolute Gasteiger partial charge is 0.468 e. The standard InChI is InChI=1S/C54H57BN2O/c1-33-27-46-49-47(28-33)57(39-22-19-37(20-23-39)52(3,4)5)50-42-31-41-34(2)25-26-54(9,10)43(41)32-48(42)58-51(50)55(49)44-30-38(53(6,7)8)21-24-45(44)56(46)40-18-14-17-36(29-40)35-15-12-11-13-16-35/h11-22,24,27-32,34,39H,23,25-26H2,1-10H3. The zero-order chi connectivity index (χ0) is 40.5. The van der Waals surface area contributed by atoms with Crippen LogP contribution in [0.1, 0.15) is 110 Å². The third kappa shape index (κ3) is 5.76. The van der Waals surface area contributed by atoms with Gasteiger partial charge in [-0.15, -0.1) is 0 Å². The number of fused-ring (bicyclic) bond motifs is 7. The molecule has 6 aromatic rings. The van der Waals surface area contributed by atoms with Crippen LogP contribution in [-0.4, -0.2) is 12.8 Å². The molecule has 0 radical (unpaired) electrons. The van der Waals surface area contributed by atoms with Gasteiger partial charge in [0.1, 0.15) is 5.58 Å². The van der Waals surface area contributed by atoms with Gasteiger partial charge in [0.15, 0.2) is 0 Å². The van der Waals surface area contributed by atoms with Gasteiger partial charge in [-0.1, -0.05) is 135 Å². The Morgan fingerprint density at radius 2 is 1.53 bits per heavy atom. The van der Waals surface area contributed by atoms with E-state index in [1.807, 2.05) is 0 Å². The molecule has 292 valence electrons. The van der Waals surface area contributed by atoms with Crippen LogP contribution in [0, 0.1) is 12.3 Å². The number of hydrogen-bond acceptors (Lipinski definition) is 3. The number of furan rings is 1. The first-order chi connectivity index (χ1) is 27.6. The zero-order valence-corrected chi connectivity index (χ0v) is 36.1. The molecule has 3 heterocycles. The van der Waals surface area contributed by atoms with Gasteiger partial charge in [0.2, 0.25) is 0 Å². The van der Waals surface area contributed by atoms with Crippen molar-refractivity contribution in [3.63, 3.8) is 0 Å². The molecule has 2 unspecified atom stereocenters. The lowest BCUT2D eigenvalue weighted by atomic mass is 9.35. The molecule has 0 N–H and O–H groups in total. The summed E-state index contributed by atoms with van der Waals surface area (Å²) in [5.41, 5.74) is 20.4. The highest BCUT2D eigenvalue weighted by Crippen LogP contribution is 2.50. The molecular weight excluding hydrogens is 703 g/mol. The molecule has 0 amide bonds. The van der Waals surface area contributed by atoms with Crippen molar-refractivity contribution < 1.29 is 4.42 Å². The number of rotatable bonds is 3. The molecule has 2 atom stereocenters. The Balaban J connectivity index is 1.28. The molecule has 5 aromatic carbocycles. The Hall–Kier alpha value is -5.22. The maximum Gasteiger partial charge on any atom is 0.297 e. The monoisotopic (exact) mass is 760 g/mol. The molecule has 58 heavy (non-hydrogen) atoms. The maximum atomic E-state index is 7.46. The molecule has 4 aliphatic rings. The Bertz CT molecular complexity index is 2700. The third-order valence-corrected chi connectivity index (χ3v) is 13.8. The minimum atomic E-state index is -0.0641. The van der Waals surface area contributed by atoms with E-state index in [0.29, 0.717) is 5.92 Å². The van der Waals surface area contributed by atoms with E-state index in [0.717, 1.165) is 17.7 Å². The average molecular weight is 761 g/mol. The van der Waals surface area contributed by atoms with E-state index < -0.39 is 0 Å². The smallest absolute Gasteiger partial charge is 0.297 e. The highest BCUT2D eigenvalue weighted by Gasteiger charge is 2.48. The molecular formula is C54H57BN2O. The fourth-order valence-corrected chi connectivity index (χ4v) is 10.5. The summed E-state index contributed by atoms with van der Waals surface area (Å²) in [6.07, 6.45) is 10.7. The van der Waals surface area contributed by atoms with Crippen molar-refractivity contribution in [1.29, 1.82) is 0 Å². The molecule has 2 aliphatic heterocycles. The summed E-state index contributed by atoms with van der Waals surface area (Å²) in [5, 5.41) is 1.25. The SMILES string of the molecule is Cc1cc2c3c(c1)N(C1C=CC(C(C)(C)C)=CC1)c1c(oc4cc5c(cc14)C(C)CCC5(C)C)B3c1cc(C(C)(C)C)ccc1N2c1cccc(-c2ccccc2)c1. The highest BCUT2D eigenvalue weighted by molar-refractivity contribution is 6.99. The van der Waals surface area contributed by atoms with Gasteiger partial charge in [-0.2, -0.15) is 0 Å². The van der Waals surface area contributed by atoms with Crippen molar-refractivity contribution in [2.24, 2.45) is 5.41 Å². The summed E-state index contributed by atoms with van der Waals surface area (Å²) in [5.74, 6) is 0.507. The number of nitrogens with zero attached hydrogens (tertiary/aromatic N) is 2. The van der Waals surface area contributed by atoms with Crippen molar-refractivity contribution in [2.75, 3.05) is 9.80 Å². The van der Waals surface area contributed by atoms with Crippen molar-refractivity contribution in [2.45, 2.75) is 111 Å². The van der Waals surface area contributed by atoms with Crippen LogP contribution in [0.4, 0.5) is 28.4 Å². The third-order valence-electron chi connectivity index (χ3n) is 13.8. The lowest BCUT2D eigenvalue weighted by Gasteiger charge is -2.45. The second kappa shape index (κ2) is 12.9. The molecule has 0 bridgehead atoms. The van der Waals surface area contributed by atoms with Gasteiger partial charge in [-0.3, -0.25) is 0 Å². The topological polar surface area (TPSA) is 19.6 Å². The van der Waals surface area contributed by atoms with Gasteiger partial charge in [0.25, 0.3) is 6.71 Å². The first kappa shape index (κ1) is 37.1. The Morgan fingerprint density at radius 3 is 2.26 bits per heavy atom. The Kier molecular flexibility index (Phi) is 8.24. The molecule has 2 aliphatic carbocycles. The van der Waals surface area contributed by atoms with Crippen LogP contribution in [0.15, 0.2) is 125 Å². The lowest BCUT2D eigenvalue weighted by Crippen LogP contribution is -2.62. The van der Waals surface area contributed by atoms with Crippen molar-refractivity contribution in [1.82, 2.24) is 0 Å². The maximum absolute atomic E-state index is 7.46. The van der Waals surface area contributed by atoms with Gasteiger partial charge in [0.05, 0.1) is 17.4 Å². The Morgan fingerprint density at radius 1 is 0.776 bits per heavy atom. The van der Waals surface area contributed by atoms with E-state index in [9.17, 15) is 0 Å². The summed E-state index contributed by atoms with van der Waals surface area (Å²) in [6.45, 7) is 23.4. The van der Waals surface area contributed by atoms with E-state index in [1.54, 1.807) is 0 Å². The molecule has 3 nitrogen and oxygen atoms in total. The average Bonchev–Trinajstić information content (AvgIpc) is 3.56. The Labute approximate surface area is 346 Å². The number of anilines is 5. The molecule has 4 heteroatoms. The van der Waals surface area contributed by atoms with Crippen molar-refractivity contribution in [3.05, 3.63) is 143 Å². The minimum absolute atomic E-state index is 0.0222. The van der Waals surface area contributed by atoms with Gasteiger partial charge in [0, 0.05) is 28.1 Å². The number of aryl methyl sites for hydroxylation is 1. The van der Waals surface area contributed by atoms with Gasteiger partial charge in [-0.05, 0) is 141 Å². The zero-order valence-electron chi connectivity index (χ0n) is 36.1. The van der Waals surface area contributed by atoms with E-state index in [-0.39, 0.29) is 29.0 Å². The molecule has 0 saturated heterocycles. The summed E-state index contributed by atoms with van der Waals surface area (Å²) >= 11 is 0. The van der Waals surface area contributed by atoms with Crippen LogP contribution in [0.25, 0.3) is 22.1 Å². The van der Waals surface area contributed by atoms with Crippen LogP contribution in [0.5, 0.6) is 0 Å². The van der Waals surface area contributed by atoms with Gasteiger partial charge >= 0.3 is 0 Å². The predicted molar refractivity (Wildman–Crippen MR) is 249 cm³/mol. The lowest BCUT2D eigenvalue weighted by molar-refractivity contribution is 0.402. The second-order valence-electron chi connectivity index (χ2n) is 20.4. The van der Waals surface area contributed by atoms with E-state index in [2.05, 4.69) is 194 Å². The number of hydrogen-bond donors (Lipinski definition) is 0. The summed E-state index contributed by atoms with van der Waals surface area (Å²) in [4.78, 5) is 5.22. The molecule has 1 aromatic heterocycles. The van der Waals surface area contributed by atoms with Gasteiger partial charge in [-0.25, -0.2) is 0 Å². The van der Waals surface area contributed by atoms with E-state index in [4.69, 9.17) is 4.42 Å². The van der Waals surface area contributed by atoms with E-state index >= 15 is 0 Å². The minimum Gasteiger partial charge on any atom is -0.468 e. The highest BCUT2D eigenvalue weighted by atomic mass is 16.3.